The Labute approximate surface area is 212 Å². The summed E-state index contributed by atoms with van der Waals surface area (Å²) in [6, 6.07) is 23.1. The Balaban J connectivity index is 1.61. The van der Waals surface area contributed by atoms with Crippen molar-refractivity contribution in [3.8, 4) is 28.3 Å². The minimum atomic E-state index is -0.461. The fourth-order valence-electron chi connectivity index (χ4n) is 4.08. The molecule has 0 aliphatic rings. The molecular weight excluding hydrogens is 470 g/mol. The first-order valence-corrected chi connectivity index (χ1v) is 11.5. The zero-order valence-corrected chi connectivity index (χ0v) is 20.2. The number of carbonyl (C=O) groups excluding carboxylic acids is 1. The van der Waals surface area contributed by atoms with Crippen molar-refractivity contribution in [2.45, 2.75) is 13.5 Å². The summed E-state index contributed by atoms with van der Waals surface area (Å²) in [7, 11) is 1.59. The van der Waals surface area contributed by atoms with Crippen LogP contribution in [-0.4, -0.2) is 33.1 Å². The molecule has 2 N–H and O–H groups in total. The molecule has 2 aromatic heterocycles. The van der Waals surface area contributed by atoms with E-state index in [9.17, 15) is 14.9 Å². The van der Waals surface area contributed by atoms with Gasteiger partial charge in [0.25, 0.3) is 11.6 Å². The maximum absolute atomic E-state index is 13.5. The number of nitrogens with zero attached hydrogens (tertiary/aromatic N) is 3. The second-order valence-corrected chi connectivity index (χ2v) is 8.56. The van der Waals surface area contributed by atoms with E-state index in [1.807, 2.05) is 55.5 Å². The Morgan fingerprint density at radius 2 is 1.78 bits per heavy atom. The standard InChI is InChI=1S/C28H23N5O4/c1-17-6-8-18(9-7-17)16-29-28(34)23-15-24(19-10-12-22(37-2)13-11-19)30-27-25(23)26(31-32-27)20-4-3-5-21(14-20)33(35)36/h3-15H,16H2,1-2H3,(H,29,34)(H,30,31,32). The number of non-ortho nitro benzene ring substituents is 1. The zero-order chi connectivity index (χ0) is 25.9. The third-order valence-corrected chi connectivity index (χ3v) is 6.07. The lowest BCUT2D eigenvalue weighted by molar-refractivity contribution is -0.384. The topological polar surface area (TPSA) is 123 Å². The molecule has 1 amide bonds. The molecule has 0 aliphatic heterocycles. The van der Waals surface area contributed by atoms with Crippen LogP contribution in [-0.2, 0) is 6.54 Å². The van der Waals surface area contributed by atoms with Gasteiger partial charge in [-0.2, -0.15) is 5.10 Å². The molecule has 9 nitrogen and oxygen atoms in total. The van der Waals surface area contributed by atoms with Gasteiger partial charge >= 0.3 is 0 Å². The molecule has 0 saturated carbocycles. The predicted molar refractivity (Wildman–Crippen MR) is 140 cm³/mol. The maximum Gasteiger partial charge on any atom is 0.270 e. The number of nitro benzene ring substituents is 1. The first-order chi connectivity index (χ1) is 17.9. The molecule has 0 fully saturated rings. The lowest BCUT2D eigenvalue weighted by Crippen LogP contribution is -2.23. The van der Waals surface area contributed by atoms with Crippen LogP contribution in [0.15, 0.2) is 78.9 Å². The van der Waals surface area contributed by atoms with Gasteiger partial charge in [-0.25, -0.2) is 4.98 Å². The lowest BCUT2D eigenvalue weighted by Gasteiger charge is -2.10. The Kier molecular flexibility index (Phi) is 6.34. The summed E-state index contributed by atoms with van der Waals surface area (Å²) in [6.45, 7) is 2.34. The number of fused-ring (bicyclic) bond motifs is 1. The summed E-state index contributed by atoms with van der Waals surface area (Å²) < 4.78 is 5.25. The van der Waals surface area contributed by atoms with Crippen LogP contribution >= 0.6 is 0 Å². The molecule has 3 aromatic carbocycles. The van der Waals surface area contributed by atoms with Crippen LogP contribution in [0.4, 0.5) is 5.69 Å². The third-order valence-electron chi connectivity index (χ3n) is 6.07. The highest BCUT2D eigenvalue weighted by molar-refractivity contribution is 6.11. The number of amides is 1. The molecule has 9 heteroatoms. The van der Waals surface area contributed by atoms with E-state index >= 15 is 0 Å². The molecule has 5 aromatic rings. The van der Waals surface area contributed by atoms with Gasteiger partial charge < -0.3 is 10.1 Å². The lowest BCUT2D eigenvalue weighted by atomic mass is 10.0. The second kappa shape index (κ2) is 9.90. The third kappa shape index (κ3) is 4.87. The van der Waals surface area contributed by atoms with E-state index in [0.29, 0.717) is 45.8 Å². The van der Waals surface area contributed by atoms with E-state index < -0.39 is 4.92 Å². The van der Waals surface area contributed by atoms with Crippen molar-refractivity contribution in [1.82, 2.24) is 20.5 Å². The number of hydrogen-bond donors (Lipinski definition) is 2. The Hall–Kier alpha value is -5.05. The minimum absolute atomic E-state index is 0.0616. The van der Waals surface area contributed by atoms with E-state index in [1.54, 1.807) is 25.3 Å². The highest BCUT2D eigenvalue weighted by Crippen LogP contribution is 2.33. The largest absolute Gasteiger partial charge is 0.497 e. The highest BCUT2D eigenvalue weighted by atomic mass is 16.6. The van der Waals surface area contributed by atoms with E-state index in [-0.39, 0.29) is 11.6 Å². The van der Waals surface area contributed by atoms with Gasteiger partial charge in [0, 0.05) is 29.8 Å². The van der Waals surface area contributed by atoms with Gasteiger partial charge in [-0.1, -0.05) is 42.0 Å². The van der Waals surface area contributed by atoms with Gasteiger partial charge in [0.05, 0.1) is 34.4 Å². The number of methoxy groups -OCH3 is 1. The predicted octanol–water partition coefficient (Wildman–Crippen LogP) is 5.45. The van der Waals surface area contributed by atoms with E-state index in [2.05, 4.69) is 20.5 Å². The Morgan fingerprint density at radius 3 is 2.49 bits per heavy atom. The number of nitro groups is 1. The number of nitrogens with one attached hydrogen (secondary N) is 2. The van der Waals surface area contributed by atoms with Crippen molar-refractivity contribution in [3.63, 3.8) is 0 Å². The smallest absolute Gasteiger partial charge is 0.270 e. The Bertz CT molecular complexity index is 1610. The first kappa shape index (κ1) is 23.7. The molecule has 5 rings (SSSR count). The summed E-state index contributed by atoms with van der Waals surface area (Å²) in [6.07, 6.45) is 0. The molecule has 0 radical (unpaired) electrons. The molecule has 0 aliphatic carbocycles. The van der Waals surface area contributed by atoms with Crippen molar-refractivity contribution in [2.24, 2.45) is 0 Å². The molecule has 0 saturated heterocycles. The van der Waals surface area contributed by atoms with Gasteiger partial charge in [-0.15, -0.1) is 0 Å². The van der Waals surface area contributed by atoms with Gasteiger partial charge in [-0.3, -0.25) is 20.0 Å². The van der Waals surface area contributed by atoms with Gasteiger partial charge in [0.1, 0.15) is 5.75 Å². The number of hydrogen-bond acceptors (Lipinski definition) is 6. The van der Waals surface area contributed by atoms with Crippen LogP contribution in [0.25, 0.3) is 33.5 Å². The minimum Gasteiger partial charge on any atom is -0.497 e. The molecule has 0 unspecified atom stereocenters. The zero-order valence-electron chi connectivity index (χ0n) is 20.2. The van der Waals surface area contributed by atoms with Crippen molar-refractivity contribution in [3.05, 3.63) is 106 Å². The highest BCUT2D eigenvalue weighted by Gasteiger charge is 2.21. The van der Waals surface area contributed by atoms with Crippen molar-refractivity contribution in [2.75, 3.05) is 7.11 Å². The van der Waals surface area contributed by atoms with Crippen LogP contribution in [0.2, 0.25) is 0 Å². The van der Waals surface area contributed by atoms with Crippen molar-refractivity contribution in [1.29, 1.82) is 0 Å². The quantitative estimate of drug-likeness (QED) is 0.230. The molecule has 2 heterocycles. The van der Waals surface area contributed by atoms with Crippen LogP contribution < -0.4 is 10.1 Å². The number of benzene rings is 3. The number of rotatable bonds is 7. The summed E-state index contributed by atoms with van der Waals surface area (Å²) in [5, 5.41) is 22.1. The molecule has 37 heavy (non-hydrogen) atoms. The maximum atomic E-state index is 13.5. The van der Waals surface area contributed by atoms with Gasteiger partial charge in [0.2, 0.25) is 0 Å². The van der Waals surface area contributed by atoms with E-state index in [1.165, 1.54) is 12.1 Å². The molecule has 0 spiro atoms. The number of ether oxygens (including phenoxy) is 1. The number of aromatic amines is 1. The molecule has 184 valence electrons. The van der Waals surface area contributed by atoms with Crippen LogP contribution in [0, 0.1) is 17.0 Å². The summed E-state index contributed by atoms with van der Waals surface area (Å²) in [5.41, 5.74) is 5.09. The molecular formula is C28H23N5O4. The fourth-order valence-corrected chi connectivity index (χ4v) is 4.08. The van der Waals surface area contributed by atoms with Crippen molar-refractivity contribution >= 4 is 22.6 Å². The van der Waals surface area contributed by atoms with E-state index in [4.69, 9.17) is 4.74 Å². The first-order valence-electron chi connectivity index (χ1n) is 11.5. The molecule has 0 atom stereocenters. The second-order valence-electron chi connectivity index (χ2n) is 8.56. The van der Waals surface area contributed by atoms with Crippen LogP contribution in [0.5, 0.6) is 5.75 Å². The van der Waals surface area contributed by atoms with E-state index in [0.717, 1.165) is 16.7 Å². The number of aromatic nitrogens is 3. The fraction of sp³-hybridized carbons (Fsp3) is 0.107. The SMILES string of the molecule is COc1ccc(-c2cc(C(=O)NCc3ccc(C)cc3)c3c(-c4cccc([N+](=O)[O-])c4)[nH]nc3n2)cc1. The number of pyridine rings is 1. The monoisotopic (exact) mass is 493 g/mol. The average molecular weight is 494 g/mol. The Morgan fingerprint density at radius 1 is 1.03 bits per heavy atom. The van der Waals surface area contributed by atoms with Gasteiger partial charge in [-0.05, 0) is 42.8 Å². The van der Waals surface area contributed by atoms with Crippen molar-refractivity contribution < 1.29 is 14.5 Å². The number of aryl methyl sites for hydroxylation is 1. The summed E-state index contributed by atoms with van der Waals surface area (Å²) >= 11 is 0. The van der Waals surface area contributed by atoms with Crippen LogP contribution in [0.3, 0.4) is 0 Å². The van der Waals surface area contributed by atoms with Gasteiger partial charge in [0.15, 0.2) is 5.65 Å². The normalized spacial score (nSPS) is 10.9. The molecule has 0 bridgehead atoms. The summed E-state index contributed by atoms with van der Waals surface area (Å²) in [4.78, 5) is 29.1. The average Bonchev–Trinajstić information content (AvgIpc) is 3.36. The number of carbonyl (C=O) groups is 1. The summed E-state index contributed by atoms with van der Waals surface area (Å²) in [5.74, 6) is 0.393. The number of H-pyrrole nitrogens is 1. The van der Waals surface area contributed by atoms with Crippen LogP contribution in [0.1, 0.15) is 21.5 Å².